The van der Waals surface area contributed by atoms with E-state index >= 15 is 0 Å². The summed E-state index contributed by atoms with van der Waals surface area (Å²) >= 11 is 0. The molecule has 4 heteroatoms. The van der Waals surface area contributed by atoms with Gasteiger partial charge in [-0.3, -0.25) is 0 Å². The van der Waals surface area contributed by atoms with E-state index in [1.165, 1.54) is 87.2 Å². The van der Waals surface area contributed by atoms with Gasteiger partial charge in [-0.2, -0.15) is 0 Å². The first-order valence-corrected chi connectivity index (χ1v) is 20.0. The van der Waals surface area contributed by atoms with Crippen molar-refractivity contribution < 1.29 is 0 Å². The van der Waals surface area contributed by atoms with Gasteiger partial charge in [0.2, 0.25) is 0 Å². The summed E-state index contributed by atoms with van der Waals surface area (Å²) in [5.74, 6) is 0. The second-order valence-electron chi connectivity index (χ2n) is 15.3. The Kier molecular flexibility index (Phi) is 6.41. The molecule has 0 saturated heterocycles. The lowest BCUT2D eigenvalue weighted by Crippen LogP contribution is -2.03. The standard InChI is InChI=1S/C54H34N4/c1-2-16-35(17-3-1)55-45-25-9-4-20-39(45)42-33-32-36(34-52(42)55)56-46-26-10-7-21-40(46)43-23-15-31-51(53(43)56)58-49-29-13-8-22-41(49)44-24-14-30-50(54(44)58)57-47-27-11-5-18-37(47)38-19-6-12-28-48(38)57/h1-34H. The fraction of sp³-hybridized carbons (Fsp3) is 0. The second kappa shape index (κ2) is 11.8. The maximum absolute atomic E-state index is 2.53. The van der Waals surface area contributed by atoms with Crippen molar-refractivity contribution in [3.8, 4) is 22.7 Å². The SMILES string of the molecule is c1ccc(-n2c3ccccc3c3ccc(-n4c5ccccc5c5cccc(-n6c7ccccc7c7cccc(-n8c9ccccc9c9ccccc98)c76)c54)cc32)cc1. The average molecular weight is 739 g/mol. The lowest BCUT2D eigenvalue weighted by Gasteiger charge is -2.17. The van der Waals surface area contributed by atoms with Gasteiger partial charge in [0.15, 0.2) is 0 Å². The Morgan fingerprint density at radius 3 is 1.14 bits per heavy atom. The molecular formula is C54H34N4. The van der Waals surface area contributed by atoms with Gasteiger partial charge in [-0.05, 0) is 66.7 Å². The molecule has 0 fully saturated rings. The monoisotopic (exact) mass is 738 g/mol. The van der Waals surface area contributed by atoms with Gasteiger partial charge >= 0.3 is 0 Å². The number of rotatable bonds is 4. The van der Waals surface area contributed by atoms with E-state index in [0.717, 1.165) is 22.7 Å². The molecule has 0 spiro atoms. The van der Waals surface area contributed by atoms with Gasteiger partial charge in [0.25, 0.3) is 0 Å². The number of hydrogen-bond acceptors (Lipinski definition) is 0. The van der Waals surface area contributed by atoms with Gasteiger partial charge in [0, 0.05) is 54.5 Å². The van der Waals surface area contributed by atoms with Crippen LogP contribution in [0.25, 0.3) is 110 Å². The van der Waals surface area contributed by atoms with E-state index in [4.69, 9.17) is 0 Å². The van der Waals surface area contributed by atoms with E-state index in [2.05, 4.69) is 225 Å². The summed E-state index contributed by atoms with van der Waals surface area (Å²) in [6, 6.07) is 75.5. The minimum Gasteiger partial charge on any atom is -0.309 e. The smallest absolute Gasteiger partial charge is 0.0783 e. The molecule has 0 unspecified atom stereocenters. The average Bonchev–Trinajstić information content (AvgIpc) is 4.02. The quantitative estimate of drug-likeness (QED) is 0.171. The number of benzene rings is 9. The molecule has 0 aliphatic rings. The molecule has 0 N–H and O–H groups in total. The van der Waals surface area contributed by atoms with Crippen LogP contribution in [-0.4, -0.2) is 18.3 Å². The van der Waals surface area contributed by atoms with Crippen LogP contribution < -0.4 is 0 Å². The molecular weight excluding hydrogens is 705 g/mol. The summed E-state index contributed by atoms with van der Waals surface area (Å²) in [6.07, 6.45) is 0. The molecule has 4 heterocycles. The number of hydrogen-bond donors (Lipinski definition) is 0. The molecule has 0 atom stereocenters. The summed E-state index contributed by atoms with van der Waals surface area (Å²) in [5.41, 5.74) is 14.0. The van der Waals surface area contributed by atoms with Crippen molar-refractivity contribution in [2.75, 3.05) is 0 Å². The van der Waals surface area contributed by atoms with Crippen LogP contribution in [0.2, 0.25) is 0 Å². The molecule has 58 heavy (non-hydrogen) atoms. The van der Waals surface area contributed by atoms with Crippen molar-refractivity contribution in [2.45, 2.75) is 0 Å². The maximum Gasteiger partial charge on any atom is 0.0783 e. The fourth-order valence-electron chi connectivity index (χ4n) is 10.0. The molecule has 4 nitrogen and oxygen atoms in total. The third-order valence-electron chi connectivity index (χ3n) is 12.3. The Hall–Kier alpha value is -7.82. The van der Waals surface area contributed by atoms with Gasteiger partial charge in [-0.15, -0.1) is 0 Å². The Labute approximate surface area is 333 Å². The second-order valence-corrected chi connectivity index (χ2v) is 15.3. The predicted molar refractivity (Wildman–Crippen MR) is 244 cm³/mol. The largest absolute Gasteiger partial charge is 0.309 e. The van der Waals surface area contributed by atoms with Crippen LogP contribution in [0.3, 0.4) is 0 Å². The molecule has 0 aliphatic carbocycles. The Bertz CT molecular complexity index is 3740. The minimum absolute atomic E-state index is 1.12. The molecule has 4 aromatic heterocycles. The molecule has 0 aliphatic heterocycles. The summed E-state index contributed by atoms with van der Waals surface area (Å²) < 4.78 is 9.90. The molecule has 0 amide bonds. The summed E-state index contributed by atoms with van der Waals surface area (Å²) in [7, 11) is 0. The zero-order valence-corrected chi connectivity index (χ0v) is 31.4. The first-order valence-electron chi connectivity index (χ1n) is 20.0. The molecule has 13 rings (SSSR count). The number of aromatic nitrogens is 4. The third-order valence-corrected chi connectivity index (χ3v) is 12.3. The van der Waals surface area contributed by atoms with Crippen molar-refractivity contribution in [3.05, 3.63) is 206 Å². The normalized spacial score (nSPS) is 12.1. The molecule has 13 aromatic rings. The van der Waals surface area contributed by atoms with Gasteiger partial charge in [-0.25, -0.2) is 0 Å². The zero-order chi connectivity index (χ0) is 37.9. The molecule has 0 radical (unpaired) electrons. The highest BCUT2D eigenvalue weighted by Crippen LogP contribution is 2.43. The van der Waals surface area contributed by atoms with Crippen LogP contribution in [0.15, 0.2) is 206 Å². The van der Waals surface area contributed by atoms with E-state index in [1.54, 1.807) is 0 Å². The topological polar surface area (TPSA) is 19.7 Å². The van der Waals surface area contributed by atoms with Crippen LogP contribution in [0.4, 0.5) is 0 Å². The van der Waals surface area contributed by atoms with Gasteiger partial charge < -0.3 is 18.3 Å². The van der Waals surface area contributed by atoms with Crippen LogP contribution >= 0.6 is 0 Å². The van der Waals surface area contributed by atoms with E-state index in [1.807, 2.05) is 0 Å². The molecule has 9 aromatic carbocycles. The van der Waals surface area contributed by atoms with E-state index in [-0.39, 0.29) is 0 Å². The Morgan fingerprint density at radius 2 is 0.586 bits per heavy atom. The number of fused-ring (bicyclic) bond motifs is 12. The van der Waals surface area contributed by atoms with Crippen LogP contribution in [0.1, 0.15) is 0 Å². The first kappa shape index (κ1) is 31.4. The Morgan fingerprint density at radius 1 is 0.207 bits per heavy atom. The fourth-order valence-corrected chi connectivity index (χ4v) is 10.0. The highest BCUT2D eigenvalue weighted by molar-refractivity contribution is 6.18. The van der Waals surface area contributed by atoms with Crippen molar-refractivity contribution >= 4 is 87.2 Å². The molecule has 0 saturated carbocycles. The number of para-hydroxylation sites is 8. The van der Waals surface area contributed by atoms with Crippen LogP contribution in [0.5, 0.6) is 0 Å². The molecule has 0 bridgehead atoms. The first-order chi connectivity index (χ1) is 28.8. The van der Waals surface area contributed by atoms with Crippen molar-refractivity contribution in [3.63, 3.8) is 0 Å². The van der Waals surface area contributed by atoms with Gasteiger partial charge in [-0.1, -0.05) is 140 Å². The highest BCUT2D eigenvalue weighted by Gasteiger charge is 2.24. The Balaban J connectivity index is 1.18. The van der Waals surface area contributed by atoms with E-state index in [0.29, 0.717) is 0 Å². The third kappa shape index (κ3) is 4.18. The highest BCUT2D eigenvalue weighted by atomic mass is 15.1. The lowest BCUT2D eigenvalue weighted by molar-refractivity contribution is 1.11. The minimum atomic E-state index is 1.12. The number of nitrogens with zero attached hydrogens (tertiary/aromatic N) is 4. The lowest BCUT2D eigenvalue weighted by atomic mass is 10.1. The van der Waals surface area contributed by atoms with Crippen molar-refractivity contribution in [2.24, 2.45) is 0 Å². The van der Waals surface area contributed by atoms with Crippen LogP contribution in [0, 0.1) is 0 Å². The maximum atomic E-state index is 2.53. The van der Waals surface area contributed by atoms with Gasteiger partial charge in [0.1, 0.15) is 0 Å². The van der Waals surface area contributed by atoms with E-state index < -0.39 is 0 Å². The molecule has 270 valence electrons. The van der Waals surface area contributed by atoms with Crippen LogP contribution in [-0.2, 0) is 0 Å². The summed E-state index contributed by atoms with van der Waals surface area (Å²) in [5, 5.41) is 9.90. The van der Waals surface area contributed by atoms with Crippen molar-refractivity contribution in [1.29, 1.82) is 0 Å². The van der Waals surface area contributed by atoms with Gasteiger partial charge in [0.05, 0.1) is 55.5 Å². The zero-order valence-electron chi connectivity index (χ0n) is 31.4. The summed E-state index contributed by atoms with van der Waals surface area (Å²) in [4.78, 5) is 0. The van der Waals surface area contributed by atoms with E-state index in [9.17, 15) is 0 Å². The van der Waals surface area contributed by atoms with Crippen molar-refractivity contribution in [1.82, 2.24) is 18.3 Å². The predicted octanol–water partition coefficient (Wildman–Crippen LogP) is 14.1. The summed E-state index contributed by atoms with van der Waals surface area (Å²) in [6.45, 7) is 0.